The Hall–Kier alpha value is -2.70. The summed E-state index contributed by atoms with van der Waals surface area (Å²) in [5.74, 6) is -0.532. The summed E-state index contributed by atoms with van der Waals surface area (Å²) in [6, 6.07) is 9.59. The maximum absolute atomic E-state index is 14.0. The summed E-state index contributed by atoms with van der Waals surface area (Å²) < 4.78 is 19.6. The average molecular weight is 346 g/mol. The number of carboxylic acids is 1. The second-order valence-corrected chi connectivity index (χ2v) is 6.17. The van der Waals surface area contributed by atoms with Crippen molar-refractivity contribution in [2.75, 3.05) is 13.1 Å². The first-order valence-corrected chi connectivity index (χ1v) is 8.18. The summed E-state index contributed by atoms with van der Waals surface area (Å²) in [6.45, 7) is -0.239. The summed E-state index contributed by atoms with van der Waals surface area (Å²) in [5.41, 5.74) is -1.38. The van der Waals surface area contributed by atoms with Gasteiger partial charge in [-0.1, -0.05) is 30.3 Å². The molecule has 1 aromatic heterocycles. The number of carboxylic acid groups (broad SMARTS) is 1. The number of carbonyl (C=O) groups excluding carboxylic acids is 1. The maximum Gasteiger partial charge on any atom is 0.343 e. The third kappa shape index (κ3) is 3.87. The predicted molar refractivity (Wildman–Crippen MR) is 87.5 cm³/mol. The molecule has 1 amide bonds. The van der Waals surface area contributed by atoms with E-state index >= 15 is 0 Å². The zero-order chi connectivity index (χ0) is 17.9. The van der Waals surface area contributed by atoms with Crippen LogP contribution in [0.25, 0.3) is 11.3 Å². The van der Waals surface area contributed by atoms with Gasteiger partial charge in [0, 0.05) is 31.4 Å². The molecule has 1 aliphatic rings. The van der Waals surface area contributed by atoms with Crippen LogP contribution in [-0.4, -0.2) is 45.6 Å². The Bertz CT molecular complexity index is 761. The highest BCUT2D eigenvalue weighted by molar-refractivity contribution is 5.82. The first-order valence-electron chi connectivity index (χ1n) is 8.18. The molecule has 1 atom stereocenters. The summed E-state index contributed by atoms with van der Waals surface area (Å²) in [7, 11) is 0. The average Bonchev–Trinajstić information content (AvgIpc) is 3.23. The van der Waals surface area contributed by atoms with E-state index in [1.54, 1.807) is 6.20 Å². The molecule has 1 aromatic carbocycles. The number of likely N-dealkylation sites (tertiary alicyclic amines) is 1. The minimum Gasteiger partial charge on any atom is -0.479 e. The number of carbonyl (C=O) groups is 2. The minimum atomic E-state index is -2.32. The highest BCUT2D eigenvalue weighted by Crippen LogP contribution is 2.27. The Kier molecular flexibility index (Phi) is 4.83. The Morgan fingerprint density at radius 2 is 2.08 bits per heavy atom. The molecule has 1 fully saturated rings. The molecule has 7 heteroatoms. The molecule has 0 aliphatic carbocycles. The van der Waals surface area contributed by atoms with Gasteiger partial charge < -0.3 is 14.4 Å². The summed E-state index contributed by atoms with van der Waals surface area (Å²) in [4.78, 5) is 28.4. The van der Waals surface area contributed by atoms with E-state index in [4.69, 9.17) is 9.52 Å². The van der Waals surface area contributed by atoms with Gasteiger partial charge in [-0.05, 0) is 6.42 Å². The van der Waals surface area contributed by atoms with E-state index in [1.807, 2.05) is 30.3 Å². The van der Waals surface area contributed by atoms with Crippen LogP contribution in [0.1, 0.15) is 25.2 Å². The fourth-order valence-corrected chi connectivity index (χ4v) is 2.87. The molecule has 25 heavy (non-hydrogen) atoms. The molecule has 1 aliphatic heterocycles. The van der Waals surface area contributed by atoms with Crippen LogP contribution in [0.3, 0.4) is 0 Å². The number of hydrogen-bond acceptors (Lipinski definition) is 4. The highest BCUT2D eigenvalue weighted by Gasteiger charge is 2.46. The minimum absolute atomic E-state index is 0.138. The number of benzene rings is 1. The molecular weight excluding hydrogens is 327 g/mol. The lowest BCUT2D eigenvalue weighted by atomic mass is 10.1. The van der Waals surface area contributed by atoms with E-state index in [0.717, 1.165) is 5.56 Å². The summed E-state index contributed by atoms with van der Waals surface area (Å²) >= 11 is 0. The van der Waals surface area contributed by atoms with Crippen molar-refractivity contribution in [1.29, 1.82) is 0 Å². The van der Waals surface area contributed by atoms with E-state index in [1.165, 1.54) is 4.90 Å². The first kappa shape index (κ1) is 17.1. The van der Waals surface area contributed by atoms with Crippen LogP contribution >= 0.6 is 0 Å². The summed E-state index contributed by atoms with van der Waals surface area (Å²) in [5, 5.41) is 8.86. The zero-order valence-electron chi connectivity index (χ0n) is 13.7. The Morgan fingerprint density at radius 1 is 1.32 bits per heavy atom. The second kappa shape index (κ2) is 7.04. The predicted octanol–water partition coefficient (Wildman–Crippen LogP) is 2.69. The Balaban J connectivity index is 1.48. The van der Waals surface area contributed by atoms with Crippen LogP contribution in [0, 0.1) is 0 Å². The number of aromatic nitrogens is 1. The molecule has 3 rings (SSSR count). The van der Waals surface area contributed by atoms with Crippen molar-refractivity contribution in [1.82, 2.24) is 9.88 Å². The number of alkyl halides is 1. The van der Waals surface area contributed by atoms with Crippen molar-refractivity contribution >= 4 is 11.9 Å². The van der Waals surface area contributed by atoms with Gasteiger partial charge in [-0.25, -0.2) is 14.2 Å². The van der Waals surface area contributed by atoms with Gasteiger partial charge in [-0.2, -0.15) is 0 Å². The lowest BCUT2D eigenvalue weighted by Crippen LogP contribution is -2.38. The molecule has 0 saturated carbocycles. The van der Waals surface area contributed by atoms with Crippen LogP contribution in [-0.2, 0) is 16.0 Å². The van der Waals surface area contributed by atoms with Gasteiger partial charge in [0.25, 0.3) is 0 Å². The van der Waals surface area contributed by atoms with Crippen molar-refractivity contribution in [2.45, 2.75) is 31.4 Å². The SMILES string of the molecule is O=C(CCCc1ncc(-c2ccccc2)o1)N1CCC(F)(C(=O)O)C1. The smallest absolute Gasteiger partial charge is 0.343 e. The van der Waals surface area contributed by atoms with Gasteiger partial charge in [0.15, 0.2) is 11.7 Å². The lowest BCUT2D eigenvalue weighted by Gasteiger charge is -2.17. The van der Waals surface area contributed by atoms with Gasteiger partial charge in [0.05, 0.1) is 12.7 Å². The molecule has 0 bridgehead atoms. The molecule has 6 nitrogen and oxygen atoms in total. The fraction of sp³-hybridized carbons (Fsp3) is 0.389. The Morgan fingerprint density at radius 3 is 2.76 bits per heavy atom. The number of amides is 1. The molecule has 2 aromatic rings. The number of oxazole rings is 1. The number of nitrogens with zero attached hydrogens (tertiary/aromatic N) is 2. The lowest BCUT2D eigenvalue weighted by molar-refractivity contribution is -0.150. The standard InChI is InChI=1S/C18H19FN2O4/c19-18(17(23)24)9-10-21(12-18)16(22)8-4-7-15-20-11-14(25-15)13-5-2-1-3-6-13/h1-3,5-6,11H,4,7-10,12H2,(H,23,24). The molecule has 132 valence electrons. The maximum atomic E-state index is 14.0. The van der Waals surface area contributed by atoms with E-state index in [2.05, 4.69) is 4.98 Å². The number of aliphatic carboxylic acids is 1. The quantitative estimate of drug-likeness (QED) is 0.869. The van der Waals surface area contributed by atoms with E-state index in [0.29, 0.717) is 24.5 Å². The van der Waals surface area contributed by atoms with Crippen LogP contribution in [0.2, 0.25) is 0 Å². The van der Waals surface area contributed by atoms with Crippen LogP contribution in [0.15, 0.2) is 40.9 Å². The van der Waals surface area contributed by atoms with Gasteiger partial charge >= 0.3 is 5.97 Å². The van der Waals surface area contributed by atoms with Crippen molar-refractivity contribution in [2.24, 2.45) is 0 Å². The van der Waals surface area contributed by atoms with Gasteiger partial charge in [0.2, 0.25) is 11.6 Å². The third-order valence-corrected chi connectivity index (χ3v) is 4.35. The molecule has 0 radical (unpaired) electrons. The topological polar surface area (TPSA) is 83.6 Å². The Labute approximate surface area is 144 Å². The number of aryl methyl sites for hydroxylation is 1. The summed E-state index contributed by atoms with van der Waals surface area (Å²) in [6.07, 6.45) is 2.70. The van der Waals surface area contributed by atoms with Crippen LogP contribution in [0.4, 0.5) is 4.39 Å². The monoisotopic (exact) mass is 346 g/mol. The molecule has 1 N–H and O–H groups in total. The second-order valence-electron chi connectivity index (χ2n) is 6.17. The molecule has 1 saturated heterocycles. The number of halogens is 1. The van der Waals surface area contributed by atoms with Crippen LogP contribution < -0.4 is 0 Å². The van der Waals surface area contributed by atoms with Gasteiger partial charge in [0.1, 0.15) is 0 Å². The van der Waals surface area contributed by atoms with Crippen LogP contribution in [0.5, 0.6) is 0 Å². The van der Waals surface area contributed by atoms with Crippen molar-refractivity contribution in [3.63, 3.8) is 0 Å². The van der Waals surface area contributed by atoms with E-state index in [9.17, 15) is 14.0 Å². The molecule has 2 heterocycles. The van der Waals surface area contributed by atoms with E-state index in [-0.39, 0.29) is 31.8 Å². The fourth-order valence-electron chi connectivity index (χ4n) is 2.87. The van der Waals surface area contributed by atoms with Crippen molar-refractivity contribution in [3.05, 3.63) is 42.4 Å². The number of hydrogen-bond donors (Lipinski definition) is 1. The molecule has 1 unspecified atom stereocenters. The largest absolute Gasteiger partial charge is 0.479 e. The van der Waals surface area contributed by atoms with E-state index < -0.39 is 11.6 Å². The third-order valence-electron chi connectivity index (χ3n) is 4.35. The van der Waals surface area contributed by atoms with Crippen molar-refractivity contribution < 1.29 is 23.5 Å². The van der Waals surface area contributed by atoms with Gasteiger partial charge in [-0.15, -0.1) is 0 Å². The zero-order valence-corrected chi connectivity index (χ0v) is 13.7. The number of rotatable bonds is 6. The molecular formula is C18H19FN2O4. The van der Waals surface area contributed by atoms with Gasteiger partial charge in [-0.3, -0.25) is 4.79 Å². The van der Waals surface area contributed by atoms with Crippen molar-refractivity contribution in [3.8, 4) is 11.3 Å². The molecule has 0 spiro atoms. The normalized spacial score (nSPS) is 20.0. The highest BCUT2D eigenvalue weighted by atomic mass is 19.1. The first-order chi connectivity index (χ1) is 12.0.